The van der Waals surface area contributed by atoms with Gasteiger partial charge in [0, 0.05) is 32.4 Å². The molecule has 1 heterocycles. The molecule has 0 aromatic heterocycles. The lowest BCUT2D eigenvalue weighted by Crippen LogP contribution is -2.44. The standard InChI is InChI=1S/C24H42N4O10/c1-24(2,3)38-23(33)27-26-20(30)7-10-34-12-14-36-16-17-37-15-13-35-11-8-25-18-19(29)6-9-28-21(31)4-5-22(28)32/h25H,4-18H2,1-3H3,(H,26,30)(H,27,33). The molecule has 0 unspecified atom stereocenters. The maximum atomic E-state index is 11.8. The Morgan fingerprint density at radius 2 is 1.29 bits per heavy atom. The van der Waals surface area contributed by atoms with Crippen molar-refractivity contribution in [1.82, 2.24) is 21.1 Å². The highest BCUT2D eigenvalue weighted by molar-refractivity contribution is 6.02. The molecule has 0 aromatic rings. The number of amides is 4. The maximum Gasteiger partial charge on any atom is 0.426 e. The van der Waals surface area contributed by atoms with Gasteiger partial charge in [-0.15, -0.1) is 0 Å². The third-order valence-corrected chi connectivity index (χ3v) is 4.81. The van der Waals surface area contributed by atoms with Crippen molar-refractivity contribution in [1.29, 1.82) is 0 Å². The van der Waals surface area contributed by atoms with Crippen molar-refractivity contribution in [2.24, 2.45) is 0 Å². The number of likely N-dealkylation sites (tertiary alicyclic amines) is 1. The SMILES string of the molecule is CC(C)(C)OC(=O)NNC(=O)CCOCCOCCOCCOCCNCC(=O)CCN1C(=O)CCC1=O. The van der Waals surface area contributed by atoms with Crippen molar-refractivity contribution < 1.29 is 47.7 Å². The molecule has 14 nitrogen and oxygen atoms in total. The topological polar surface area (TPSA) is 171 Å². The summed E-state index contributed by atoms with van der Waals surface area (Å²) in [7, 11) is 0. The smallest absolute Gasteiger partial charge is 0.426 e. The van der Waals surface area contributed by atoms with E-state index in [1.807, 2.05) is 0 Å². The summed E-state index contributed by atoms with van der Waals surface area (Å²) in [5.74, 6) is -0.886. The van der Waals surface area contributed by atoms with Gasteiger partial charge in [-0.25, -0.2) is 10.2 Å². The van der Waals surface area contributed by atoms with Gasteiger partial charge in [0.2, 0.25) is 17.7 Å². The predicted molar refractivity (Wildman–Crippen MR) is 134 cm³/mol. The Labute approximate surface area is 223 Å². The van der Waals surface area contributed by atoms with Crippen LogP contribution < -0.4 is 16.2 Å². The first-order valence-corrected chi connectivity index (χ1v) is 12.7. The number of hydrogen-bond donors (Lipinski definition) is 3. The Morgan fingerprint density at radius 3 is 1.84 bits per heavy atom. The highest BCUT2D eigenvalue weighted by atomic mass is 16.6. The zero-order valence-corrected chi connectivity index (χ0v) is 22.6. The Kier molecular flexibility index (Phi) is 17.1. The zero-order valence-electron chi connectivity index (χ0n) is 22.6. The number of rotatable bonds is 20. The molecule has 3 N–H and O–H groups in total. The normalized spacial score (nSPS) is 13.6. The van der Waals surface area contributed by atoms with E-state index in [0.717, 1.165) is 4.90 Å². The fraction of sp³-hybridized carbons (Fsp3) is 0.792. The summed E-state index contributed by atoms with van der Waals surface area (Å²) in [6.07, 6.45) is -0.0405. The lowest BCUT2D eigenvalue weighted by Gasteiger charge is -2.19. The van der Waals surface area contributed by atoms with Crippen LogP contribution in [0.5, 0.6) is 0 Å². The van der Waals surface area contributed by atoms with Crippen LogP contribution in [0.15, 0.2) is 0 Å². The number of carbonyl (C=O) groups excluding carboxylic acids is 5. The van der Waals surface area contributed by atoms with E-state index in [1.54, 1.807) is 20.8 Å². The number of ketones is 1. The van der Waals surface area contributed by atoms with Crippen LogP contribution in [0.4, 0.5) is 4.79 Å². The van der Waals surface area contributed by atoms with Crippen molar-refractivity contribution in [3.63, 3.8) is 0 Å². The van der Waals surface area contributed by atoms with Crippen LogP contribution in [0.1, 0.15) is 46.5 Å². The second kappa shape index (κ2) is 19.4. The molecule has 0 radical (unpaired) electrons. The van der Waals surface area contributed by atoms with Gasteiger partial charge in [-0.05, 0) is 20.8 Å². The van der Waals surface area contributed by atoms with E-state index in [-0.39, 0.29) is 63.0 Å². The van der Waals surface area contributed by atoms with Crippen molar-refractivity contribution >= 4 is 29.6 Å². The van der Waals surface area contributed by atoms with E-state index < -0.39 is 17.6 Å². The molecule has 38 heavy (non-hydrogen) atoms. The first-order valence-electron chi connectivity index (χ1n) is 12.7. The van der Waals surface area contributed by atoms with Crippen LogP contribution in [0.25, 0.3) is 0 Å². The third kappa shape index (κ3) is 17.7. The van der Waals surface area contributed by atoms with Crippen LogP contribution in [-0.4, -0.2) is 113 Å². The average Bonchev–Trinajstić information content (AvgIpc) is 3.16. The monoisotopic (exact) mass is 546 g/mol. The molecule has 0 bridgehead atoms. The molecule has 0 saturated carbocycles. The van der Waals surface area contributed by atoms with E-state index in [0.29, 0.717) is 52.8 Å². The van der Waals surface area contributed by atoms with Gasteiger partial charge in [-0.1, -0.05) is 0 Å². The van der Waals surface area contributed by atoms with Crippen LogP contribution in [0.3, 0.4) is 0 Å². The van der Waals surface area contributed by atoms with Gasteiger partial charge in [-0.3, -0.25) is 29.5 Å². The summed E-state index contributed by atoms with van der Waals surface area (Å²) < 4.78 is 26.5. The highest BCUT2D eigenvalue weighted by Gasteiger charge is 2.28. The summed E-state index contributed by atoms with van der Waals surface area (Å²) in [5.41, 5.74) is 3.75. The second-order valence-electron chi connectivity index (χ2n) is 9.28. The Morgan fingerprint density at radius 1 is 0.763 bits per heavy atom. The Bertz CT molecular complexity index is 741. The molecule has 0 aliphatic carbocycles. The van der Waals surface area contributed by atoms with Gasteiger partial charge in [0.25, 0.3) is 0 Å². The van der Waals surface area contributed by atoms with Gasteiger partial charge in [0.1, 0.15) is 11.4 Å². The summed E-state index contributed by atoms with van der Waals surface area (Å²) in [6.45, 7) is 8.85. The first kappa shape index (κ1) is 33.4. The van der Waals surface area contributed by atoms with Crippen molar-refractivity contribution in [3.05, 3.63) is 0 Å². The van der Waals surface area contributed by atoms with Gasteiger partial charge in [0.15, 0.2) is 0 Å². The minimum atomic E-state index is -0.736. The largest absolute Gasteiger partial charge is 0.443 e. The molecular weight excluding hydrogens is 504 g/mol. The number of nitrogens with zero attached hydrogens (tertiary/aromatic N) is 1. The summed E-state index contributed by atoms with van der Waals surface area (Å²) in [6, 6.07) is 0. The molecule has 0 aromatic carbocycles. The Balaban J connectivity index is 1.79. The summed E-state index contributed by atoms with van der Waals surface area (Å²) >= 11 is 0. The van der Waals surface area contributed by atoms with Gasteiger partial charge < -0.3 is 29.0 Å². The number of carbonyl (C=O) groups is 5. The number of ether oxygens (including phenoxy) is 5. The zero-order chi connectivity index (χ0) is 28.2. The van der Waals surface area contributed by atoms with E-state index in [1.165, 1.54) is 0 Å². The fourth-order valence-corrected chi connectivity index (χ4v) is 2.98. The molecular formula is C24H42N4O10. The minimum absolute atomic E-state index is 0.0654. The molecule has 0 atom stereocenters. The third-order valence-electron chi connectivity index (χ3n) is 4.81. The number of hydrogen-bond acceptors (Lipinski definition) is 11. The predicted octanol–water partition coefficient (Wildman–Crippen LogP) is -0.303. The van der Waals surface area contributed by atoms with Crippen LogP contribution in [-0.2, 0) is 42.9 Å². The van der Waals surface area contributed by atoms with Crippen molar-refractivity contribution in [2.75, 3.05) is 72.5 Å². The van der Waals surface area contributed by atoms with E-state index >= 15 is 0 Å². The number of hydrazine groups is 1. The lowest BCUT2D eigenvalue weighted by atomic mass is 10.2. The fourth-order valence-electron chi connectivity index (χ4n) is 2.98. The molecule has 1 rings (SSSR count). The van der Waals surface area contributed by atoms with Crippen LogP contribution in [0, 0.1) is 0 Å². The summed E-state index contributed by atoms with van der Waals surface area (Å²) in [5, 5.41) is 2.97. The number of nitrogens with one attached hydrogen (secondary N) is 3. The molecule has 218 valence electrons. The van der Waals surface area contributed by atoms with Crippen molar-refractivity contribution in [3.8, 4) is 0 Å². The van der Waals surface area contributed by atoms with Gasteiger partial charge in [0.05, 0.1) is 65.8 Å². The summed E-state index contributed by atoms with van der Waals surface area (Å²) in [4.78, 5) is 59.0. The van der Waals surface area contributed by atoms with E-state index in [9.17, 15) is 24.0 Å². The van der Waals surface area contributed by atoms with Crippen LogP contribution in [0.2, 0.25) is 0 Å². The van der Waals surface area contributed by atoms with Crippen molar-refractivity contribution in [2.45, 2.75) is 52.1 Å². The number of imide groups is 1. The molecule has 14 heteroatoms. The molecule has 1 fully saturated rings. The molecule has 1 aliphatic heterocycles. The van der Waals surface area contributed by atoms with Gasteiger partial charge >= 0.3 is 6.09 Å². The quantitative estimate of drug-likeness (QED) is 0.104. The molecule has 1 aliphatic rings. The van der Waals surface area contributed by atoms with E-state index in [2.05, 4.69) is 16.2 Å². The minimum Gasteiger partial charge on any atom is -0.443 e. The first-order chi connectivity index (χ1) is 18.1. The lowest BCUT2D eigenvalue weighted by molar-refractivity contribution is -0.138. The molecule has 1 saturated heterocycles. The molecule has 4 amide bonds. The average molecular weight is 547 g/mol. The van der Waals surface area contributed by atoms with Gasteiger partial charge in [-0.2, -0.15) is 0 Å². The van der Waals surface area contributed by atoms with E-state index in [4.69, 9.17) is 23.7 Å². The maximum absolute atomic E-state index is 11.8. The second-order valence-corrected chi connectivity index (χ2v) is 9.28. The Hall–Kier alpha value is -2.65. The number of Topliss-reactive ketones (excluding diaryl/α,β-unsaturated/α-hetero) is 1. The van der Waals surface area contributed by atoms with Crippen LogP contribution >= 0.6 is 0 Å². The molecule has 0 spiro atoms. The highest BCUT2D eigenvalue weighted by Crippen LogP contribution is 2.11.